The Bertz CT molecular complexity index is 480. The molecule has 0 saturated carbocycles. The van der Waals surface area contributed by atoms with Crippen LogP contribution in [0, 0.1) is 5.92 Å². The van der Waals surface area contributed by atoms with Crippen LogP contribution < -0.4 is 10.5 Å². The predicted octanol–water partition coefficient (Wildman–Crippen LogP) is 2.58. The Morgan fingerprint density at radius 1 is 1.39 bits per heavy atom. The highest BCUT2D eigenvalue weighted by molar-refractivity contribution is 6.05. The molecule has 2 rings (SSSR count). The van der Waals surface area contributed by atoms with Crippen LogP contribution in [0.5, 0.6) is 5.75 Å². The van der Waals surface area contributed by atoms with Crippen molar-refractivity contribution in [1.82, 2.24) is 0 Å². The van der Waals surface area contributed by atoms with Crippen LogP contribution in [0.4, 0.5) is 0 Å². The van der Waals surface area contributed by atoms with Gasteiger partial charge in [0.15, 0.2) is 0 Å². The molecule has 0 bridgehead atoms. The second-order valence-electron chi connectivity index (χ2n) is 4.56. The summed E-state index contributed by atoms with van der Waals surface area (Å²) in [5.74, 6) is 1.78. The van der Waals surface area contributed by atoms with Gasteiger partial charge in [0.05, 0.1) is 12.3 Å². The second-order valence-corrected chi connectivity index (χ2v) is 4.56. The average molecular weight is 245 g/mol. The number of rotatable bonds is 4. The van der Waals surface area contributed by atoms with Gasteiger partial charge in [0, 0.05) is 17.9 Å². The molecular weight excluding hydrogens is 226 g/mol. The van der Waals surface area contributed by atoms with Crippen molar-refractivity contribution in [2.24, 2.45) is 21.9 Å². The molecule has 1 aliphatic rings. The van der Waals surface area contributed by atoms with Crippen LogP contribution in [0.2, 0.25) is 0 Å². The zero-order chi connectivity index (χ0) is 13.0. The van der Waals surface area contributed by atoms with E-state index in [1.165, 1.54) is 0 Å². The van der Waals surface area contributed by atoms with Gasteiger partial charge in [-0.2, -0.15) is 5.10 Å². The minimum Gasteiger partial charge on any atom is -0.494 e. The molecule has 0 aromatic heterocycles. The van der Waals surface area contributed by atoms with Gasteiger partial charge in [0.2, 0.25) is 0 Å². The lowest BCUT2D eigenvalue weighted by molar-refractivity contribution is 0.317. The summed E-state index contributed by atoms with van der Waals surface area (Å²) >= 11 is 0. The predicted molar refractivity (Wildman–Crippen MR) is 74.2 cm³/mol. The third kappa shape index (κ3) is 2.88. The number of amidine groups is 1. The maximum absolute atomic E-state index is 5.68. The number of nitrogens with two attached hydrogens (primary N) is 1. The van der Waals surface area contributed by atoms with Crippen molar-refractivity contribution in [3.8, 4) is 5.75 Å². The lowest BCUT2D eigenvalue weighted by Gasteiger charge is -2.17. The third-order valence-electron chi connectivity index (χ3n) is 2.87. The summed E-state index contributed by atoms with van der Waals surface area (Å²) in [6.07, 6.45) is 1.77. The first-order valence-electron chi connectivity index (χ1n) is 6.33. The number of benzene rings is 1. The number of ether oxygens (including phenoxy) is 1. The normalized spacial score (nSPS) is 19.1. The molecule has 96 valence electrons. The molecular formula is C14H19N3O. The molecule has 1 aliphatic heterocycles. The second kappa shape index (κ2) is 5.67. The SMILES string of the molecule is CCCOc1cccc(C2=NN=C(N)CC2C)c1. The Kier molecular flexibility index (Phi) is 3.97. The highest BCUT2D eigenvalue weighted by Crippen LogP contribution is 2.21. The molecule has 0 saturated heterocycles. The summed E-state index contributed by atoms with van der Waals surface area (Å²) in [4.78, 5) is 0. The molecule has 1 atom stereocenters. The van der Waals surface area contributed by atoms with Crippen molar-refractivity contribution in [2.75, 3.05) is 6.61 Å². The van der Waals surface area contributed by atoms with E-state index in [-0.39, 0.29) is 0 Å². The maximum atomic E-state index is 5.68. The first-order valence-corrected chi connectivity index (χ1v) is 6.33. The van der Waals surface area contributed by atoms with E-state index in [0.717, 1.165) is 36.5 Å². The summed E-state index contributed by atoms with van der Waals surface area (Å²) in [7, 11) is 0. The fraction of sp³-hybridized carbons (Fsp3) is 0.429. The van der Waals surface area contributed by atoms with Crippen LogP contribution in [0.1, 0.15) is 32.3 Å². The maximum Gasteiger partial charge on any atom is 0.123 e. The Morgan fingerprint density at radius 3 is 2.94 bits per heavy atom. The van der Waals surface area contributed by atoms with Crippen LogP contribution in [0.3, 0.4) is 0 Å². The Balaban J connectivity index is 2.23. The van der Waals surface area contributed by atoms with Gasteiger partial charge in [0.1, 0.15) is 11.6 Å². The highest BCUT2D eigenvalue weighted by atomic mass is 16.5. The van der Waals surface area contributed by atoms with Gasteiger partial charge in [0.25, 0.3) is 0 Å². The van der Waals surface area contributed by atoms with Gasteiger partial charge in [-0.15, -0.1) is 5.10 Å². The van der Waals surface area contributed by atoms with Gasteiger partial charge in [-0.05, 0) is 18.6 Å². The molecule has 0 amide bonds. The van der Waals surface area contributed by atoms with E-state index in [0.29, 0.717) is 11.8 Å². The van der Waals surface area contributed by atoms with Crippen molar-refractivity contribution >= 4 is 11.5 Å². The lowest BCUT2D eigenvalue weighted by Crippen LogP contribution is -2.25. The monoisotopic (exact) mass is 245 g/mol. The molecule has 0 spiro atoms. The smallest absolute Gasteiger partial charge is 0.123 e. The fourth-order valence-corrected chi connectivity index (χ4v) is 1.98. The van der Waals surface area contributed by atoms with E-state index >= 15 is 0 Å². The molecule has 0 radical (unpaired) electrons. The van der Waals surface area contributed by atoms with Crippen LogP contribution >= 0.6 is 0 Å². The molecule has 18 heavy (non-hydrogen) atoms. The van der Waals surface area contributed by atoms with Crippen molar-refractivity contribution in [1.29, 1.82) is 0 Å². The molecule has 0 aliphatic carbocycles. The number of hydrogen-bond acceptors (Lipinski definition) is 4. The van der Waals surface area contributed by atoms with Gasteiger partial charge in [-0.1, -0.05) is 26.0 Å². The fourth-order valence-electron chi connectivity index (χ4n) is 1.98. The van der Waals surface area contributed by atoms with E-state index < -0.39 is 0 Å². The molecule has 2 N–H and O–H groups in total. The quantitative estimate of drug-likeness (QED) is 0.886. The summed E-state index contributed by atoms with van der Waals surface area (Å²) in [5.41, 5.74) is 7.72. The van der Waals surface area contributed by atoms with Crippen LogP contribution in [0.25, 0.3) is 0 Å². The zero-order valence-corrected chi connectivity index (χ0v) is 10.9. The molecule has 4 heteroatoms. The first-order chi connectivity index (χ1) is 8.70. The minimum absolute atomic E-state index is 0.295. The van der Waals surface area contributed by atoms with E-state index in [4.69, 9.17) is 10.5 Å². The largest absolute Gasteiger partial charge is 0.494 e. The Hall–Kier alpha value is -1.84. The number of nitrogens with zero attached hydrogens (tertiary/aromatic N) is 2. The summed E-state index contributed by atoms with van der Waals surface area (Å²) < 4.78 is 5.63. The zero-order valence-electron chi connectivity index (χ0n) is 10.9. The summed E-state index contributed by atoms with van der Waals surface area (Å²) in [6.45, 7) is 4.94. The van der Waals surface area contributed by atoms with Gasteiger partial charge in [-0.25, -0.2) is 0 Å². The lowest BCUT2D eigenvalue weighted by atomic mass is 9.94. The van der Waals surface area contributed by atoms with E-state index in [9.17, 15) is 0 Å². The first kappa shape index (κ1) is 12.6. The van der Waals surface area contributed by atoms with Crippen molar-refractivity contribution in [3.63, 3.8) is 0 Å². The van der Waals surface area contributed by atoms with E-state index in [2.05, 4.69) is 24.1 Å². The van der Waals surface area contributed by atoms with Crippen molar-refractivity contribution < 1.29 is 4.74 Å². The molecule has 0 fully saturated rings. The van der Waals surface area contributed by atoms with Crippen molar-refractivity contribution in [2.45, 2.75) is 26.7 Å². The van der Waals surface area contributed by atoms with E-state index in [1.807, 2.05) is 24.3 Å². The van der Waals surface area contributed by atoms with Crippen LogP contribution in [-0.2, 0) is 0 Å². The molecule has 1 heterocycles. The molecule has 4 nitrogen and oxygen atoms in total. The molecule has 1 aromatic rings. The third-order valence-corrected chi connectivity index (χ3v) is 2.87. The highest BCUT2D eigenvalue weighted by Gasteiger charge is 2.18. The summed E-state index contributed by atoms with van der Waals surface area (Å²) in [5, 5.41) is 8.18. The van der Waals surface area contributed by atoms with Crippen LogP contribution in [-0.4, -0.2) is 18.2 Å². The van der Waals surface area contributed by atoms with Gasteiger partial charge < -0.3 is 10.5 Å². The van der Waals surface area contributed by atoms with Gasteiger partial charge in [-0.3, -0.25) is 0 Å². The summed E-state index contributed by atoms with van der Waals surface area (Å²) in [6, 6.07) is 8.00. The molecule has 1 unspecified atom stereocenters. The number of hydrogen-bond donors (Lipinski definition) is 1. The standard InChI is InChI=1S/C14H19N3O/c1-3-7-18-12-6-4-5-11(9-12)14-10(2)8-13(15)16-17-14/h4-6,9-10H,3,7-8H2,1-2H3,(H2,15,16). The van der Waals surface area contributed by atoms with Crippen molar-refractivity contribution in [3.05, 3.63) is 29.8 Å². The minimum atomic E-state index is 0.295. The Morgan fingerprint density at radius 2 is 2.22 bits per heavy atom. The average Bonchev–Trinajstić information content (AvgIpc) is 2.36. The topological polar surface area (TPSA) is 60.0 Å². The van der Waals surface area contributed by atoms with Crippen LogP contribution in [0.15, 0.2) is 34.5 Å². The molecule has 1 aromatic carbocycles. The van der Waals surface area contributed by atoms with E-state index in [1.54, 1.807) is 0 Å². The Labute approximate surface area is 108 Å². The van der Waals surface area contributed by atoms with Gasteiger partial charge >= 0.3 is 0 Å².